The van der Waals surface area contributed by atoms with Gasteiger partial charge in [0.2, 0.25) is 0 Å². The largest absolute Gasteiger partial charge is 0.466 e. The molecular weight excluding hydrogens is 240 g/mol. The van der Waals surface area contributed by atoms with Crippen molar-refractivity contribution in [1.29, 1.82) is 0 Å². The van der Waals surface area contributed by atoms with E-state index in [-0.39, 0.29) is 11.3 Å². The first-order valence-electron chi connectivity index (χ1n) is 5.29. The second-order valence-corrected chi connectivity index (χ2v) is 5.85. The van der Waals surface area contributed by atoms with E-state index in [2.05, 4.69) is 0 Å². The Labute approximate surface area is 102 Å². The fraction of sp³-hybridized carbons (Fsp3) is 0.417. The molecule has 0 bridgehead atoms. The molecule has 1 aromatic carbocycles. The molecule has 0 aliphatic heterocycles. The molecule has 0 aliphatic carbocycles. The zero-order valence-electron chi connectivity index (χ0n) is 10.2. The molecule has 1 aromatic rings. The van der Waals surface area contributed by atoms with Crippen LogP contribution in [-0.2, 0) is 25.8 Å². The summed E-state index contributed by atoms with van der Waals surface area (Å²) in [4.78, 5) is 11.6. The molecule has 1 rings (SSSR count). The third kappa shape index (κ3) is 3.85. The minimum Gasteiger partial charge on any atom is -0.466 e. The first-order chi connectivity index (χ1) is 7.84. The van der Waals surface area contributed by atoms with E-state index in [0.29, 0.717) is 12.2 Å². The van der Waals surface area contributed by atoms with E-state index in [1.165, 1.54) is 6.07 Å². The molecule has 0 heterocycles. The number of benzene rings is 1. The maximum absolute atomic E-state index is 11.6. The highest BCUT2D eigenvalue weighted by Gasteiger charge is 2.16. The average molecular weight is 256 g/mol. The quantitative estimate of drug-likeness (QED) is 0.766. The molecule has 0 aromatic heterocycles. The summed E-state index contributed by atoms with van der Waals surface area (Å²) >= 11 is 0. The van der Waals surface area contributed by atoms with Gasteiger partial charge in [0.25, 0.3) is 0 Å². The predicted octanol–water partition coefficient (Wildman–Crippen LogP) is 1.50. The molecule has 0 N–H and O–H groups in total. The molecule has 17 heavy (non-hydrogen) atoms. The van der Waals surface area contributed by atoms with Gasteiger partial charge < -0.3 is 4.74 Å². The molecule has 0 atom stereocenters. The van der Waals surface area contributed by atoms with Crippen LogP contribution < -0.4 is 0 Å². The topological polar surface area (TPSA) is 60.4 Å². The van der Waals surface area contributed by atoms with Gasteiger partial charge in [-0.15, -0.1) is 0 Å². The van der Waals surface area contributed by atoms with Crippen molar-refractivity contribution in [2.24, 2.45) is 0 Å². The predicted molar refractivity (Wildman–Crippen MR) is 64.6 cm³/mol. The molecular formula is C12H16O4S. The minimum atomic E-state index is -3.32. The lowest BCUT2D eigenvalue weighted by Crippen LogP contribution is -2.11. The smallest absolute Gasteiger partial charge is 0.310 e. The normalized spacial score (nSPS) is 11.2. The number of sulfone groups is 1. The Balaban J connectivity index is 3.13. The second kappa shape index (κ2) is 5.31. The van der Waals surface area contributed by atoms with Crippen LogP contribution in [0.2, 0.25) is 0 Å². The van der Waals surface area contributed by atoms with E-state index < -0.39 is 15.8 Å². The summed E-state index contributed by atoms with van der Waals surface area (Å²) in [5.74, 6) is -0.414. The number of esters is 1. The second-order valence-electron chi connectivity index (χ2n) is 3.87. The highest BCUT2D eigenvalue weighted by atomic mass is 32.2. The maximum atomic E-state index is 11.6. The van der Waals surface area contributed by atoms with Crippen molar-refractivity contribution in [3.63, 3.8) is 0 Å². The highest BCUT2D eigenvalue weighted by molar-refractivity contribution is 7.90. The number of aryl methyl sites for hydroxylation is 1. The first kappa shape index (κ1) is 13.7. The van der Waals surface area contributed by atoms with Gasteiger partial charge in [-0.3, -0.25) is 4.79 Å². The van der Waals surface area contributed by atoms with Gasteiger partial charge in [-0.25, -0.2) is 8.42 Å². The van der Waals surface area contributed by atoms with Crippen LogP contribution in [0.3, 0.4) is 0 Å². The van der Waals surface area contributed by atoms with E-state index in [1.807, 2.05) is 6.92 Å². The molecule has 5 heteroatoms. The van der Waals surface area contributed by atoms with Crippen molar-refractivity contribution in [1.82, 2.24) is 0 Å². The minimum absolute atomic E-state index is 0.0159. The maximum Gasteiger partial charge on any atom is 0.310 e. The summed E-state index contributed by atoms with van der Waals surface area (Å²) in [6.45, 7) is 3.85. The van der Waals surface area contributed by atoms with E-state index >= 15 is 0 Å². The SMILES string of the molecule is CCOC(=O)Cc1cc(C)ccc1S(C)(=O)=O. The Morgan fingerprint density at radius 1 is 1.35 bits per heavy atom. The van der Waals surface area contributed by atoms with Crippen LogP contribution >= 0.6 is 0 Å². The molecule has 0 radical (unpaired) electrons. The molecule has 0 amide bonds. The lowest BCUT2D eigenvalue weighted by Gasteiger charge is -2.08. The van der Waals surface area contributed by atoms with Gasteiger partial charge in [0.1, 0.15) is 0 Å². The molecule has 0 spiro atoms. The highest BCUT2D eigenvalue weighted by Crippen LogP contribution is 2.18. The third-order valence-electron chi connectivity index (χ3n) is 2.26. The molecule has 0 saturated carbocycles. The van der Waals surface area contributed by atoms with Gasteiger partial charge in [-0.2, -0.15) is 0 Å². The summed E-state index contributed by atoms with van der Waals surface area (Å²) in [6.07, 6.45) is 1.12. The van der Waals surface area contributed by atoms with Gasteiger partial charge in [0, 0.05) is 6.26 Å². The molecule has 0 aliphatic rings. The standard InChI is InChI=1S/C12H16O4S/c1-4-16-12(13)8-10-7-9(2)5-6-11(10)17(3,14)15/h5-7H,4,8H2,1-3H3. The van der Waals surface area contributed by atoms with Crippen molar-refractivity contribution in [3.05, 3.63) is 29.3 Å². The van der Waals surface area contributed by atoms with Crippen molar-refractivity contribution < 1.29 is 17.9 Å². The van der Waals surface area contributed by atoms with Gasteiger partial charge in [0.15, 0.2) is 9.84 Å². The van der Waals surface area contributed by atoms with Crippen molar-refractivity contribution >= 4 is 15.8 Å². The molecule has 0 unspecified atom stereocenters. The Hall–Kier alpha value is -1.36. The lowest BCUT2D eigenvalue weighted by atomic mass is 10.1. The van der Waals surface area contributed by atoms with Crippen LogP contribution in [0.25, 0.3) is 0 Å². The Morgan fingerprint density at radius 2 is 2.00 bits per heavy atom. The number of rotatable bonds is 4. The first-order valence-corrected chi connectivity index (χ1v) is 7.19. The summed E-state index contributed by atoms with van der Waals surface area (Å²) in [6, 6.07) is 4.94. The fourth-order valence-electron chi connectivity index (χ4n) is 1.58. The fourth-order valence-corrected chi connectivity index (χ4v) is 2.50. The number of carbonyl (C=O) groups is 1. The Kier molecular flexibility index (Phi) is 4.28. The van der Waals surface area contributed by atoms with E-state index in [1.54, 1.807) is 19.1 Å². The number of hydrogen-bond acceptors (Lipinski definition) is 4. The molecule has 4 nitrogen and oxygen atoms in total. The van der Waals surface area contributed by atoms with E-state index in [9.17, 15) is 13.2 Å². The Bertz CT molecular complexity index is 517. The van der Waals surface area contributed by atoms with Crippen LogP contribution in [0, 0.1) is 6.92 Å². The van der Waals surface area contributed by atoms with Crippen molar-refractivity contribution in [2.45, 2.75) is 25.2 Å². The summed E-state index contributed by atoms with van der Waals surface area (Å²) in [7, 11) is -3.32. The lowest BCUT2D eigenvalue weighted by molar-refractivity contribution is -0.142. The Morgan fingerprint density at radius 3 is 2.53 bits per heavy atom. The number of ether oxygens (including phenoxy) is 1. The summed E-state index contributed by atoms with van der Waals surface area (Å²) in [5.41, 5.74) is 1.41. The van der Waals surface area contributed by atoms with Crippen LogP contribution in [0.15, 0.2) is 23.1 Å². The van der Waals surface area contributed by atoms with Crippen molar-refractivity contribution in [3.8, 4) is 0 Å². The van der Waals surface area contributed by atoms with Gasteiger partial charge in [0.05, 0.1) is 17.9 Å². The summed E-state index contributed by atoms with van der Waals surface area (Å²) < 4.78 is 27.9. The molecule has 0 fully saturated rings. The van der Waals surface area contributed by atoms with Crippen molar-refractivity contribution in [2.75, 3.05) is 12.9 Å². The van der Waals surface area contributed by atoms with E-state index in [4.69, 9.17) is 4.74 Å². The molecule has 94 valence electrons. The zero-order valence-corrected chi connectivity index (χ0v) is 11.0. The number of hydrogen-bond donors (Lipinski definition) is 0. The average Bonchev–Trinajstić information content (AvgIpc) is 2.15. The van der Waals surface area contributed by atoms with Crippen LogP contribution in [0.1, 0.15) is 18.1 Å². The molecule has 0 saturated heterocycles. The zero-order chi connectivity index (χ0) is 13.1. The van der Waals surface area contributed by atoms with Crippen LogP contribution in [0.4, 0.5) is 0 Å². The van der Waals surface area contributed by atoms with Gasteiger partial charge >= 0.3 is 5.97 Å². The summed E-state index contributed by atoms with van der Waals surface area (Å²) in [5, 5.41) is 0. The third-order valence-corrected chi connectivity index (χ3v) is 3.45. The number of carbonyl (C=O) groups excluding carboxylic acids is 1. The monoisotopic (exact) mass is 256 g/mol. The van der Waals surface area contributed by atoms with Crippen LogP contribution in [-0.4, -0.2) is 27.2 Å². The van der Waals surface area contributed by atoms with Gasteiger partial charge in [-0.05, 0) is 25.5 Å². The van der Waals surface area contributed by atoms with Gasteiger partial charge in [-0.1, -0.05) is 17.7 Å². The van der Waals surface area contributed by atoms with Crippen LogP contribution in [0.5, 0.6) is 0 Å². The van der Waals surface area contributed by atoms with E-state index in [0.717, 1.165) is 11.8 Å².